The number of carbonyl (C=O) groups excluding carboxylic acids is 3. The maximum absolute atomic E-state index is 13.9. The van der Waals surface area contributed by atoms with Gasteiger partial charge in [0.05, 0.1) is 42.7 Å². The third-order valence-electron chi connectivity index (χ3n) is 9.80. The minimum Gasteiger partial charge on any atom is -0.497 e. The fraction of sp³-hybridized carbons (Fsp3) is 0.175. The van der Waals surface area contributed by atoms with Crippen LogP contribution in [0.2, 0.25) is 0 Å². The zero-order chi connectivity index (χ0) is 38.9. The summed E-state index contributed by atoms with van der Waals surface area (Å²) in [7, 11) is 3.14. The lowest BCUT2D eigenvalue weighted by atomic mass is 10.0. The number of aromatic nitrogens is 4. The van der Waals surface area contributed by atoms with Crippen LogP contribution in [0.25, 0.3) is 11.4 Å². The monoisotopic (exact) mass is 750 g/mol. The third-order valence-corrected chi connectivity index (χ3v) is 9.80. The third kappa shape index (κ3) is 6.42. The number of hydrogen-bond acceptors (Lipinski definition) is 11. The predicted octanol–water partition coefficient (Wildman–Crippen LogP) is 6.26. The molecule has 0 bridgehead atoms. The van der Waals surface area contributed by atoms with Crippen LogP contribution in [0, 0.1) is 4.91 Å². The minimum absolute atomic E-state index is 0.0731. The van der Waals surface area contributed by atoms with Crippen molar-refractivity contribution in [2.75, 3.05) is 37.1 Å². The number of hydrogen-bond donors (Lipinski definition) is 1. The molecule has 0 saturated carbocycles. The Morgan fingerprint density at radius 3 is 1.52 bits per heavy atom. The van der Waals surface area contributed by atoms with Gasteiger partial charge in [-0.2, -0.15) is 25.3 Å². The second kappa shape index (κ2) is 14.7. The maximum Gasteiger partial charge on any atom is 0.277 e. The number of anilines is 2. The molecular formula is C40H34N10O6. The lowest BCUT2D eigenvalue weighted by Gasteiger charge is -2.28. The van der Waals surface area contributed by atoms with Crippen molar-refractivity contribution in [3.63, 3.8) is 0 Å². The van der Waals surface area contributed by atoms with Crippen LogP contribution in [0.3, 0.4) is 0 Å². The molecule has 0 radical (unpaired) electrons. The van der Waals surface area contributed by atoms with Crippen molar-refractivity contribution in [3.05, 3.63) is 136 Å². The number of methoxy groups -OCH3 is 2. The number of nitrogens with two attached hydrogens (primary N) is 1. The molecule has 4 heterocycles. The van der Waals surface area contributed by atoms with E-state index < -0.39 is 5.91 Å². The number of nitroso groups, excluding NO2 is 1. The Morgan fingerprint density at radius 2 is 1.07 bits per heavy atom. The highest BCUT2D eigenvalue weighted by Gasteiger charge is 2.35. The van der Waals surface area contributed by atoms with Gasteiger partial charge in [0.1, 0.15) is 29.4 Å². The summed E-state index contributed by atoms with van der Waals surface area (Å²) in [4.78, 5) is 54.6. The van der Waals surface area contributed by atoms with Crippen molar-refractivity contribution in [1.29, 1.82) is 0 Å². The van der Waals surface area contributed by atoms with Crippen LogP contribution in [-0.2, 0) is 19.4 Å². The topological polar surface area (TPSA) is 192 Å². The van der Waals surface area contributed by atoms with E-state index in [1.54, 1.807) is 126 Å². The second-order valence-corrected chi connectivity index (χ2v) is 13.0. The SMILES string of the molecule is COc1ccc(-n2nc(CN=O)c3c2C(=O)N(c2ccc(/N=N/c4ccc(N5CCc6c(C(N)=O)nn(-c7ccc(OC)cc7)c6C5=O)cc4)cc2)CC3)cc1. The Hall–Kier alpha value is -7.49. The molecule has 0 unspecified atom stereocenters. The largest absolute Gasteiger partial charge is 0.497 e. The Balaban J connectivity index is 0.977. The van der Waals surface area contributed by atoms with Gasteiger partial charge in [-0.05, 0) is 110 Å². The first kappa shape index (κ1) is 35.5. The molecule has 0 fully saturated rings. The number of carbonyl (C=O) groups is 3. The number of amides is 3. The first-order valence-corrected chi connectivity index (χ1v) is 17.6. The average Bonchev–Trinajstić information content (AvgIpc) is 3.81. The highest BCUT2D eigenvalue weighted by Crippen LogP contribution is 2.33. The van der Waals surface area contributed by atoms with E-state index in [0.29, 0.717) is 94.1 Å². The summed E-state index contributed by atoms with van der Waals surface area (Å²) in [6.45, 7) is 0.598. The summed E-state index contributed by atoms with van der Waals surface area (Å²) in [5.41, 5.74) is 11.8. The molecule has 16 nitrogen and oxygen atoms in total. The minimum atomic E-state index is -0.699. The molecule has 3 amide bonds. The summed E-state index contributed by atoms with van der Waals surface area (Å²) in [5.74, 6) is 0.0417. The number of rotatable bonds is 11. The molecule has 0 atom stereocenters. The van der Waals surface area contributed by atoms with Crippen LogP contribution in [0.1, 0.15) is 48.3 Å². The molecule has 2 aliphatic rings. The van der Waals surface area contributed by atoms with Crippen molar-refractivity contribution >= 4 is 40.5 Å². The molecule has 280 valence electrons. The first-order chi connectivity index (χ1) is 27.3. The molecule has 0 aliphatic carbocycles. The summed E-state index contributed by atoms with van der Waals surface area (Å²) < 4.78 is 13.5. The molecule has 4 aromatic carbocycles. The van der Waals surface area contributed by atoms with Crippen LogP contribution < -0.4 is 25.0 Å². The standard InChI is InChI=1S/C40H34N10O6/c1-55-30-15-11-28(12-16-30)49-36-32(34(45-49)23-42-54)19-21-47(39(36)52)26-7-3-24(4-8-26)43-44-25-5-9-27(10-6-25)48-22-20-33-35(38(41)51)46-50(37(33)40(48)53)29-13-17-31(56-2)18-14-29/h3-18H,19-23H2,1-2H3,(H2,41,51)/b44-43+. The Kier molecular flexibility index (Phi) is 9.35. The Bertz CT molecular complexity index is 2510. The molecule has 0 spiro atoms. The maximum atomic E-state index is 13.9. The molecule has 2 aliphatic heterocycles. The van der Waals surface area contributed by atoms with Crippen LogP contribution in [0.4, 0.5) is 22.7 Å². The van der Waals surface area contributed by atoms with Gasteiger partial charge >= 0.3 is 0 Å². The number of nitrogens with zero attached hydrogens (tertiary/aromatic N) is 9. The highest BCUT2D eigenvalue weighted by molar-refractivity contribution is 6.10. The molecule has 56 heavy (non-hydrogen) atoms. The molecule has 16 heteroatoms. The van der Waals surface area contributed by atoms with Gasteiger partial charge in [-0.25, -0.2) is 9.36 Å². The molecule has 6 aromatic rings. The normalized spacial score (nSPS) is 13.8. The van der Waals surface area contributed by atoms with Crippen LogP contribution >= 0.6 is 0 Å². The predicted molar refractivity (Wildman–Crippen MR) is 206 cm³/mol. The summed E-state index contributed by atoms with van der Waals surface area (Å²) in [5, 5.41) is 20.8. The van der Waals surface area contributed by atoms with Crippen molar-refractivity contribution in [2.45, 2.75) is 19.4 Å². The van der Waals surface area contributed by atoms with E-state index >= 15 is 0 Å². The van der Waals surface area contributed by atoms with Crippen molar-refractivity contribution in [1.82, 2.24) is 19.6 Å². The fourth-order valence-corrected chi connectivity index (χ4v) is 7.00. The summed E-state index contributed by atoms with van der Waals surface area (Å²) >= 11 is 0. The molecule has 2 N–H and O–H groups in total. The van der Waals surface area contributed by atoms with E-state index in [1.807, 2.05) is 0 Å². The lowest BCUT2D eigenvalue weighted by Crippen LogP contribution is -2.39. The Labute approximate surface area is 319 Å². The van der Waals surface area contributed by atoms with Crippen LogP contribution in [-0.4, -0.2) is 64.6 Å². The summed E-state index contributed by atoms with van der Waals surface area (Å²) in [6, 6.07) is 28.4. The van der Waals surface area contributed by atoms with Crippen molar-refractivity contribution in [3.8, 4) is 22.9 Å². The molecule has 2 aromatic heterocycles. The van der Waals surface area contributed by atoms with E-state index in [-0.39, 0.29) is 29.7 Å². The highest BCUT2D eigenvalue weighted by atomic mass is 16.5. The van der Waals surface area contributed by atoms with Gasteiger partial charge in [-0.1, -0.05) is 5.18 Å². The van der Waals surface area contributed by atoms with Crippen molar-refractivity contribution in [2.24, 2.45) is 21.1 Å². The summed E-state index contributed by atoms with van der Waals surface area (Å²) in [6.07, 6.45) is 0.895. The van der Waals surface area contributed by atoms with Gasteiger partial charge in [-0.15, -0.1) is 0 Å². The van der Waals surface area contributed by atoms with E-state index in [4.69, 9.17) is 15.2 Å². The van der Waals surface area contributed by atoms with Gasteiger partial charge in [0.15, 0.2) is 5.69 Å². The number of benzene rings is 4. The number of fused-ring (bicyclic) bond motifs is 2. The van der Waals surface area contributed by atoms with Gasteiger partial charge in [0, 0.05) is 35.6 Å². The van der Waals surface area contributed by atoms with Gasteiger partial charge in [0.2, 0.25) is 0 Å². The van der Waals surface area contributed by atoms with Crippen LogP contribution in [0.5, 0.6) is 11.5 Å². The van der Waals surface area contributed by atoms with Gasteiger partial charge in [0.25, 0.3) is 17.7 Å². The van der Waals surface area contributed by atoms with Crippen molar-refractivity contribution < 1.29 is 23.9 Å². The van der Waals surface area contributed by atoms with E-state index in [1.165, 1.54) is 4.68 Å². The molecular weight excluding hydrogens is 717 g/mol. The van der Waals surface area contributed by atoms with E-state index in [0.717, 1.165) is 0 Å². The zero-order valence-electron chi connectivity index (χ0n) is 30.3. The second-order valence-electron chi connectivity index (χ2n) is 13.0. The number of azo groups is 1. The molecule has 0 saturated heterocycles. The fourth-order valence-electron chi connectivity index (χ4n) is 7.00. The van der Waals surface area contributed by atoms with Gasteiger partial charge in [-0.3, -0.25) is 14.4 Å². The zero-order valence-corrected chi connectivity index (χ0v) is 30.3. The Morgan fingerprint density at radius 1 is 0.643 bits per heavy atom. The smallest absolute Gasteiger partial charge is 0.277 e. The number of ether oxygens (including phenoxy) is 2. The molecule has 8 rings (SSSR count). The first-order valence-electron chi connectivity index (χ1n) is 17.6. The van der Waals surface area contributed by atoms with E-state index in [2.05, 4.69) is 25.6 Å². The quantitative estimate of drug-likeness (QED) is 0.118. The lowest BCUT2D eigenvalue weighted by molar-refractivity contribution is 0.0964. The number of primary amides is 1. The van der Waals surface area contributed by atoms with Gasteiger partial charge < -0.3 is 25.0 Å². The van der Waals surface area contributed by atoms with E-state index in [9.17, 15) is 19.3 Å². The van der Waals surface area contributed by atoms with Crippen LogP contribution in [0.15, 0.2) is 112 Å². The average molecular weight is 751 g/mol.